The fourth-order valence-corrected chi connectivity index (χ4v) is 1.30. The van der Waals surface area contributed by atoms with Gasteiger partial charge in [-0.25, -0.2) is 0 Å². The highest BCUT2D eigenvalue weighted by Crippen LogP contribution is 2.28. The average Bonchev–Trinajstić information content (AvgIpc) is 2.14. The van der Waals surface area contributed by atoms with Crippen molar-refractivity contribution in [1.82, 2.24) is 0 Å². The van der Waals surface area contributed by atoms with E-state index in [9.17, 15) is 9.59 Å². The van der Waals surface area contributed by atoms with Crippen molar-refractivity contribution in [2.45, 2.75) is 26.7 Å². The van der Waals surface area contributed by atoms with Crippen molar-refractivity contribution in [3.63, 3.8) is 0 Å². The van der Waals surface area contributed by atoms with Gasteiger partial charge >= 0.3 is 5.97 Å². The molecule has 0 aliphatic carbocycles. The molecule has 0 aromatic rings. The quantitative estimate of drug-likeness (QED) is 0.310. The first kappa shape index (κ1) is 13.7. The summed E-state index contributed by atoms with van der Waals surface area (Å²) in [6.07, 6.45) is 0.868. The molecule has 0 aliphatic heterocycles. The predicted molar refractivity (Wildman–Crippen MR) is 55.6 cm³/mol. The van der Waals surface area contributed by atoms with E-state index < -0.39 is 16.6 Å². The molecule has 0 amide bonds. The van der Waals surface area contributed by atoms with Crippen LogP contribution in [0.3, 0.4) is 0 Å². The number of hydrogen-bond donors (Lipinski definition) is 0. The van der Waals surface area contributed by atoms with Gasteiger partial charge in [0, 0.05) is 5.88 Å². The van der Waals surface area contributed by atoms with Crippen LogP contribution in [0.25, 0.3) is 0 Å². The normalized spacial score (nSPS) is 14.6. The number of halogens is 2. The van der Waals surface area contributed by atoms with Crippen LogP contribution in [0, 0.1) is 5.41 Å². The number of rotatable bonds is 6. The van der Waals surface area contributed by atoms with Crippen molar-refractivity contribution in [2.75, 3.05) is 12.5 Å². The lowest BCUT2D eigenvalue weighted by molar-refractivity contribution is -0.157. The van der Waals surface area contributed by atoms with Gasteiger partial charge in [-0.15, -0.1) is 11.6 Å². The minimum atomic E-state index is -1.26. The fraction of sp³-hybridized carbons (Fsp3) is 0.778. The van der Waals surface area contributed by atoms with E-state index in [2.05, 4.69) is 0 Å². The van der Waals surface area contributed by atoms with Crippen molar-refractivity contribution in [3.8, 4) is 0 Å². The lowest BCUT2D eigenvalue weighted by atomic mass is 9.87. The molecule has 14 heavy (non-hydrogen) atoms. The zero-order valence-corrected chi connectivity index (χ0v) is 9.82. The summed E-state index contributed by atoms with van der Waals surface area (Å²) >= 11 is 10.9. The summed E-state index contributed by atoms with van der Waals surface area (Å²) in [5.74, 6) is -0.191. The second kappa shape index (κ2) is 6.25. The molecule has 0 heterocycles. The van der Waals surface area contributed by atoms with Gasteiger partial charge < -0.3 is 4.74 Å². The molecule has 0 N–H and O–H groups in total. The molecule has 0 aromatic carbocycles. The molecule has 5 heteroatoms. The first-order chi connectivity index (χ1) is 6.49. The standard InChI is InChI=1S/C9H14Cl2O3/c1-3-14-8(13)9(2,7(11)12)5-4-6-10/h3-6H2,1-2H3. The van der Waals surface area contributed by atoms with Gasteiger partial charge in [0.15, 0.2) is 0 Å². The molecule has 0 saturated carbocycles. The summed E-state index contributed by atoms with van der Waals surface area (Å²) in [6.45, 7) is 3.39. The molecule has 0 aromatic heterocycles. The first-order valence-corrected chi connectivity index (χ1v) is 5.33. The van der Waals surface area contributed by atoms with Gasteiger partial charge in [0.25, 0.3) is 0 Å². The van der Waals surface area contributed by atoms with Crippen LogP contribution in [0.4, 0.5) is 0 Å². The summed E-state index contributed by atoms with van der Waals surface area (Å²) < 4.78 is 4.78. The van der Waals surface area contributed by atoms with Gasteiger partial charge in [-0.05, 0) is 38.3 Å². The molecular formula is C9H14Cl2O3. The Morgan fingerprint density at radius 3 is 2.36 bits per heavy atom. The van der Waals surface area contributed by atoms with Crippen LogP contribution in [0.5, 0.6) is 0 Å². The highest BCUT2D eigenvalue weighted by Gasteiger charge is 2.40. The molecule has 0 spiro atoms. The van der Waals surface area contributed by atoms with E-state index in [-0.39, 0.29) is 6.61 Å². The first-order valence-electron chi connectivity index (χ1n) is 4.42. The van der Waals surface area contributed by atoms with E-state index in [0.717, 1.165) is 0 Å². The maximum absolute atomic E-state index is 11.4. The Morgan fingerprint density at radius 1 is 1.43 bits per heavy atom. The van der Waals surface area contributed by atoms with Gasteiger partial charge in [-0.3, -0.25) is 9.59 Å². The lowest BCUT2D eigenvalue weighted by Gasteiger charge is -2.22. The largest absolute Gasteiger partial charge is 0.465 e. The molecule has 0 saturated heterocycles. The van der Waals surface area contributed by atoms with E-state index in [1.807, 2.05) is 0 Å². The summed E-state index contributed by atoms with van der Waals surface area (Å²) in [5, 5.41) is -0.693. The molecule has 0 fully saturated rings. The SMILES string of the molecule is CCOC(=O)C(C)(CCCCl)C(=O)Cl. The molecular weight excluding hydrogens is 227 g/mol. The van der Waals surface area contributed by atoms with E-state index in [1.54, 1.807) is 6.92 Å². The minimum absolute atomic E-state index is 0.236. The van der Waals surface area contributed by atoms with Crippen LogP contribution in [-0.2, 0) is 14.3 Å². The van der Waals surface area contributed by atoms with Gasteiger partial charge in [-0.1, -0.05) is 0 Å². The van der Waals surface area contributed by atoms with Crippen LogP contribution in [-0.4, -0.2) is 23.7 Å². The van der Waals surface area contributed by atoms with Crippen molar-refractivity contribution >= 4 is 34.4 Å². The molecule has 82 valence electrons. The number of esters is 1. The Balaban J connectivity index is 4.53. The number of carbonyl (C=O) groups excluding carboxylic acids is 2. The number of ether oxygens (including phenoxy) is 1. The Morgan fingerprint density at radius 2 is 2.00 bits per heavy atom. The molecule has 0 bridgehead atoms. The maximum atomic E-state index is 11.4. The van der Waals surface area contributed by atoms with Crippen LogP contribution < -0.4 is 0 Å². The van der Waals surface area contributed by atoms with Crippen LogP contribution in [0.15, 0.2) is 0 Å². The molecule has 0 radical (unpaired) electrons. The molecule has 1 unspecified atom stereocenters. The van der Waals surface area contributed by atoms with E-state index in [1.165, 1.54) is 6.92 Å². The van der Waals surface area contributed by atoms with Crippen LogP contribution in [0.2, 0.25) is 0 Å². The molecule has 3 nitrogen and oxygen atoms in total. The topological polar surface area (TPSA) is 43.4 Å². The fourth-order valence-electron chi connectivity index (χ4n) is 0.991. The Hall–Kier alpha value is -0.280. The van der Waals surface area contributed by atoms with Crippen LogP contribution in [0.1, 0.15) is 26.7 Å². The maximum Gasteiger partial charge on any atom is 0.320 e. The smallest absolute Gasteiger partial charge is 0.320 e. The third-order valence-corrected chi connectivity index (χ3v) is 2.65. The third-order valence-electron chi connectivity index (χ3n) is 1.97. The molecule has 0 rings (SSSR count). The third kappa shape index (κ3) is 3.46. The monoisotopic (exact) mass is 240 g/mol. The van der Waals surface area contributed by atoms with E-state index >= 15 is 0 Å². The highest BCUT2D eigenvalue weighted by molar-refractivity contribution is 6.66. The summed E-state index contributed by atoms with van der Waals surface area (Å²) in [7, 11) is 0. The summed E-state index contributed by atoms with van der Waals surface area (Å²) in [6, 6.07) is 0. The minimum Gasteiger partial charge on any atom is -0.465 e. The Kier molecular flexibility index (Phi) is 6.12. The lowest BCUT2D eigenvalue weighted by Crippen LogP contribution is -2.35. The van der Waals surface area contributed by atoms with E-state index in [0.29, 0.717) is 18.7 Å². The van der Waals surface area contributed by atoms with Crippen molar-refractivity contribution in [1.29, 1.82) is 0 Å². The zero-order valence-electron chi connectivity index (χ0n) is 8.31. The van der Waals surface area contributed by atoms with Crippen molar-refractivity contribution < 1.29 is 14.3 Å². The van der Waals surface area contributed by atoms with Gasteiger partial charge in [0.2, 0.25) is 5.24 Å². The number of hydrogen-bond acceptors (Lipinski definition) is 3. The average molecular weight is 241 g/mol. The van der Waals surface area contributed by atoms with Gasteiger partial charge in [-0.2, -0.15) is 0 Å². The zero-order chi connectivity index (χ0) is 11.2. The highest BCUT2D eigenvalue weighted by atomic mass is 35.5. The predicted octanol–water partition coefficient (Wildman–Crippen LogP) is 2.34. The molecule has 1 atom stereocenters. The van der Waals surface area contributed by atoms with Crippen molar-refractivity contribution in [2.24, 2.45) is 5.41 Å². The Bertz CT molecular complexity index is 218. The van der Waals surface area contributed by atoms with Crippen molar-refractivity contribution in [3.05, 3.63) is 0 Å². The number of carbonyl (C=O) groups is 2. The second-order valence-electron chi connectivity index (χ2n) is 3.12. The Labute approximate surface area is 93.7 Å². The number of alkyl halides is 1. The summed E-state index contributed by atoms with van der Waals surface area (Å²) in [4.78, 5) is 22.6. The molecule has 0 aliphatic rings. The summed E-state index contributed by atoms with van der Waals surface area (Å²) in [5.41, 5.74) is -1.26. The van der Waals surface area contributed by atoms with Crippen LogP contribution >= 0.6 is 23.2 Å². The second-order valence-corrected chi connectivity index (χ2v) is 3.84. The van der Waals surface area contributed by atoms with Gasteiger partial charge in [0.1, 0.15) is 5.41 Å². The van der Waals surface area contributed by atoms with Gasteiger partial charge in [0.05, 0.1) is 6.61 Å². The van der Waals surface area contributed by atoms with E-state index in [4.69, 9.17) is 27.9 Å².